The number of benzene rings is 1. The average Bonchev–Trinajstić information content (AvgIpc) is 2.48. The molecule has 3 nitrogen and oxygen atoms in total. The highest BCUT2D eigenvalue weighted by atomic mass is 35.5. The Balaban J connectivity index is 1.71. The summed E-state index contributed by atoms with van der Waals surface area (Å²) in [4.78, 5) is 13.4. The molecular formula is C17H24ClNO2. The van der Waals surface area contributed by atoms with Crippen LogP contribution in [0.4, 0.5) is 0 Å². The zero-order chi connectivity index (χ0) is 15.1. The van der Waals surface area contributed by atoms with Crippen molar-refractivity contribution in [2.24, 2.45) is 11.8 Å². The maximum Gasteiger partial charge on any atom is 0.123 e. The van der Waals surface area contributed by atoms with Gasteiger partial charge in [0.15, 0.2) is 0 Å². The third-order valence-electron chi connectivity index (χ3n) is 4.23. The molecule has 116 valence electrons. The Morgan fingerprint density at radius 1 is 1.38 bits per heavy atom. The lowest BCUT2D eigenvalue weighted by atomic mass is 9.80. The van der Waals surface area contributed by atoms with E-state index in [1.807, 2.05) is 24.3 Å². The number of carbonyl (C=O) groups is 1. The smallest absolute Gasteiger partial charge is 0.123 e. The Hall–Kier alpha value is -1.06. The van der Waals surface area contributed by atoms with E-state index in [2.05, 4.69) is 11.9 Å². The quantitative estimate of drug-likeness (QED) is 0.720. The van der Waals surface area contributed by atoms with Crippen LogP contribution in [0.2, 0.25) is 5.02 Å². The molecule has 1 aromatic carbocycles. The molecular weight excluding hydrogens is 286 g/mol. The molecule has 0 radical (unpaired) electrons. The number of likely N-dealkylation sites (N-methyl/N-ethyl adjacent to an activating group) is 1. The molecule has 2 atom stereocenters. The maximum atomic E-state index is 11.1. The summed E-state index contributed by atoms with van der Waals surface area (Å²) in [5.74, 6) is 1.56. The molecule has 0 N–H and O–H groups in total. The van der Waals surface area contributed by atoms with Gasteiger partial charge in [-0.15, -0.1) is 0 Å². The number of rotatable bonds is 7. The van der Waals surface area contributed by atoms with Crippen molar-refractivity contribution in [3.05, 3.63) is 29.3 Å². The zero-order valence-corrected chi connectivity index (χ0v) is 13.4. The highest BCUT2D eigenvalue weighted by Crippen LogP contribution is 2.29. The van der Waals surface area contributed by atoms with Crippen LogP contribution in [0.15, 0.2) is 24.3 Å². The highest BCUT2D eigenvalue weighted by Gasteiger charge is 2.25. The Labute approximate surface area is 132 Å². The van der Waals surface area contributed by atoms with Crippen molar-refractivity contribution in [3.63, 3.8) is 0 Å². The number of halogens is 1. The maximum absolute atomic E-state index is 11.1. The molecule has 2 rings (SSSR count). The van der Waals surface area contributed by atoms with Crippen molar-refractivity contribution >= 4 is 17.9 Å². The molecule has 1 saturated carbocycles. The molecule has 1 aliphatic carbocycles. The minimum atomic E-state index is 0.245. The van der Waals surface area contributed by atoms with Crippen LogP contribution >= 0.6 is 11.6 Å². The molecule has 4 heteroatoms. The van der Waals surface area contributed by atoms with Gasteiger partial charge in [0.2, 0.25) is 0 Å². The van der Waals surface area contributed by atoms with E-state index in [-0.39, 0.29) is 5.92 Å². The van der Waals surface area contributed by atoms with E-state index in [0.29, 0.717) is 17.5 Å². The Morgan fingerprint density at radius 3 is 2.95 bits per heavy atom. The van der Waals surface area contributed by atoms with Gasteiger partial charge in [0.05, 0.1) is 0 Å². The third-order valence-corrected chi connectivity index (χ3v) is 4.46. The largest absolute Gasteiger partial charge is 0.492 e. The van der Waals surface area contributed by atoms with Crippen molar-refractivity contribution in [2.75, 3.05) is 26.7 Å². The average molecular weight is 310 g/mol. The highest BCUT2D eigenvalue weighted by molar-refractivity contribution is 6.30. The fourth-order valence-electron chi connectivity index (χ4n) is 3.01. The van der Waals surface area contributed by atoms with Crippen molar-refractivity contribution in [1.82, 2.24) is 4.90 Å². The second kappa shape index (κ2) is 8.40. The van der Waals surface area contributed by atoms with E-state index in [0.717, 1.165) is 31.5 Å². The fraction of sp³-hybridized carbons (Fsp3) is 0.588. The Bertz CT molecular complexity index is 452. The third kappa shape index (κ3) is 5.33. The second-order valence-corrected chi connectivity index (χ2v) is 6.35. The molecule has 0 saturated heterocycles. The molecule has 1 fully saturated rings. The topological polar surface area (TPSA) is 29.5 Å². The van der Waals surface area contributed by atoms with Crippen LogP contribution in [-0.2, 0) is 4.79 Å². The molecule has 2 unspecified atom stereocenters. The number of hydrogen-bond donors (Lipinski definition) is 0. The standard InChI is InChI=1S/C17H24ClNO2/c1-19(12-14-5-2-3-6-15(14)13-20)9-10-21-17-8-4-7-16(18)11-17/h4,7-8,11,13-15H,2-3,5-6,9-10,12H2,1H3. The normalized spacial score (nSPS) is 22.2. The van der Waals surface area contributed by atoms with Gasteiger partial charge < -0.3 is 14.4 Å². The summed E-state index contributed by atoms with van der Waals surface area (Å²) in [6, 6.07) is 7.46. The van der Waals surface area contributed by atoms with E-state index in [1.165, 1.54) is 19.3 Å². The van der Waals surface area contributed by atoms with Gasteiger partial charge >= 0.3 is 0 Å². The van der Waals surface area contributed by atoms with Gasteiger partial charge in [-0.25, -0.2) is 0 Å². The van der Waals surface area contributed by atoms with E-state index in [9.17, 15) is 4.79 Å². The summed E-state index contributed by atoms with van der Waals surface area (Å²) in [6.45, 7) is 2.46. The van der Waals surface area contributed by atoms with Crippen molar-refractivity contribution in [2.45, 2.75) is 25.7 Å². The number of ether oxygens (including phenoxy) is 1. The first kappa shape index (κ1) is 16.3. The molecule has 21 heavy (non-hydrogen) atoms. The minimum absolute atomic E-state index is 0.245. The van der Waals surface area contributed by atoms with Gasteiger partial charge in [-0.05, 0) is 44.0 Å². The molecule has 1 aromatic rings. The summed E-state index contributed by atoms with van der Waals surface area (Å²) < 4.78 is 5.70. The van der Waals surface area contributed by atoms with Crippen molar-refractivity contribution in [3.8, 4) is 5.75 Å². The summed E-state index contributed by atoms with van der Waals surface area (Å²) >= 11 is 5.92. The van der Waals surface area contributed by atoms with Gasteiger partial charge in [-0.3, -0.25) is 0 Å². The monoisotopic (exact) mass is 309 g/mol. The van der Waals surface area contributed by atoms with Gasteiger partial charge in [-0.1, -0.05) is 30.5 Å². The molecule has 0 bridgehead atoms. The summed E-state index contributed by atoms with van der Waals surface area (Å²) in [5.41, 5.74) is 0. The van der Waals surface area contributed by atoms with Gasteiger partial charge in [0.1, 0.15) is 18.6 Å². The van der Waals surface area contributed by atoms with Crippen LogP contribution in [0.3, 0.4) is 0 Å². The summed E-state index contributed by atoms with van der Waals surface area (Å²) in [5, 5.41) is 0.692. The molecule has 0 spiro atoms. The Kier molecular flexibility index (Phi) is 6.52. The van der Waals surface area contributed by atoms with Crippen LogP contribution in [0.25, 0.3) is 0 Å². The number of carbonyl (C=O) groups excluding carboxylic acids is 1. The summed E-state index contributed by atoms with van der Waals surface area (Å²) in [7, 11) is 2.10. The second-order valence-electron chi connectivity index (χ2n) is 5.91. The number of nitrogens with zero attached hydrogens (tertiary/aromatic N) is 1. The number of aldehydes is 1. The lowest BCUT2D eigenvalue weighted by molar-refractivity contribution is -0.113. The van der Waals surface area contributed by atoms with Gasteiger partial charge in [0, 0.05) is 24.0 Å². The molecule has 0 aromatic heterocycles. The first-order chi connectivity index (χ1) is 10.2. The Morgan fingerprint density at radius 2 is 2.19 bits per heavy atom. The first-order valence-corrected chi connectivity index (χ1v) is 8.09. The van der Waals surface area contributed by atoms with Crippen LogP contribution in [-0.4, -0.2) is 37.9 Å². The number of hydrogen-bond acceptors (Lipinski definition) is 3. The fourth-order valence-corrected chi connectivity index (χ4v) is 3.19. The zero-order valence-electron chi connectivity index (χ0n) is 12.6. The minimum Gasteiger partial charge on any atom is -0.492 e. The predicted molar refractivity (Wildman–Crippen MR) is 86.0 cm³/mol. The van der Waals surface area contributed by atoms with Gasteiger partial charge in [-0.2, -0.15) is 0 Å². The SMILES string of the molecule is CN(CCOc1cccc(Cl)c1)CC1CCCCC1C=O. The lowest BCUT2D eigenvalue weighted by Gasteiger charge is -2.31. The van der Waals surface area contributed by atoms with Crippen LogP contribution < -0.4 is 4.74 Å². The van der Waals surface area contributed by atoms with Crippen molar-refractivity contribution in [1.29, 1.82) is 0 Å². The molecule has 1 aliphatic rings. The van der Waals surface area contributed by atoms with Crippen molar-refractivity contribution < 1.29 is 9.53 Å². The predicted octanol–water partition coefficient (Wildman–Crippen LogP) is 3.66. The van der Waals surface area contributed by atoms with Gasteiger partial charge in [0.25, 0.3) is 0 Å². The van der Waals surface area contributed by atoms with E-state index < -0.39 is 0 Å². The summed E-state index contributed by atoms with van der Waals surface area (Å²) in [6.07, 6.45) is 5.83. The van der Waals surface area contributed by atoms with E-state index in [4.69, 9.17) is 16.3 Å². The lowest BCUT2D eigenvalue weighted by Crippen LogP contribution is -2.34. The van der Waals surface area contributed by atoms with Crippen LogP contribution in [0, 0.1) is 11.8 Å². The van der Waals surface area contributed by atoms with Crippen LogP contribution in [0.5, 0.6) is 5.75 Å². The van der Waals surface area contributed by atoms with E-state index in [1.54, 1.807) is 0 Å². The first-order valence-electron chi connectivity index (χ1n) is 7.71. The molecule has 0 amide bonds. The molecule has 0 heterocycles. The van der Waals surface area contributed by atoms with E-state index >= 15 is 0 Å². The van der Waals surface area contributed by atoms with Crippen LogP contribution in [0.1, 0.15) is 25.7 Å². The molecule has 0 aliphatic heterocycles.